The lowest BCUT2D eigenvalue weighted by Gasteiger charge is -2.31. The van der Waals surface area contributed by atoms with Crippen molar-refractivity contribution in [2.24, 2.45) is 5.41 Å². The zero-order valence-corrected chi connectivity index (χ0v) is 10.2. The van der Waals surface area contributed by atoms with Crippen LogP contribution in [-0.4, -0.2) is 24.5 Å². The number of rotatable bonds is 7. The van der Waals surface area contributed by atoms with Gasteiger partial charge < -0.3 is 4.90 Å². The number of nitrogens with zero attached hydrogens (tertiary/aromatic N) is 1. The molecular formula is C12H27N. The highest BCUT2D eigenvalue weighted by atomic mass is 15.1. The van der Waals surface area contributed by atoms with E-state index >= 15 is 0 Å². The summed E-state index contributed by atoms with van der Waals surface area (Å²) >= 11 is 0. The second-order valence-corrected chi connectivity index (χ2v) is 4.79. The van der Waals surface area contributed by atoms with Crippen molar-refractivity contribution in [3.05, 3.63) is 0 Å². The fourth-order valence-corrected chi connectivity index (χ4v) is 1.62. The van der Waals surface area contributed by atoms with E-state index in [1.54, 1.807) is 0 Å². The van der Waals surface area contributed by atoms with E-state index in [4.69, 9.17) is 0 Å². The van der Waals surface area contributed by atoms with Crippen molar-refractivity contribution < 1.29 is 0 Å². The van der Waals surface area contributed by atoms with Crippen LogP contribution in [0.5, 0.6) is 0 Å². The van der Waals surface area contributed by atoms with Crippen molar-refractivity contribution in [1.82, 2.24) is 4.90 Å². The normalized spacial score (nSPS) is 12.5. The minimum Gasteiger partial charge on any atom is -0.303 e. The molecule has 0 aromatic rings. The van der Waals surface area contributed by atoms with Gasteiger partial charge in [-0.2, -0.15) is 0 Å². The Balaban J connectivity index is 3.92. The topological polar surface area (TPSA) is 3.24 Å². The van der Waals surface area contributed by atoms with Gasteiger partial charge in [0.15, 0.2) is 0 Å². The third kappa shape index (κ3) is 6.09. The second kappa shape index (κ2) is 6.42. The van der Waals surface area contributed by atoms with E-state index in [9.17, 15) is 0 Å². The second-order valence-electron chi connectivity index (χ2n) is 4.79. The van der Waals surface area contributed by atoms with E-state index in [1.165, 1.54) is 38.9 Å². The molecule has 0 unspecified atom stereocenters. The third-order valence-electron chi connectivity index (χ3n) is 2.69. The van der Waals surface area contributed by atoms with Gasteiger partial charge in [0, 0.05) is 6.54 Å². The highest BCUT2D eigenvalue weighted by Gasteiger charge is 2.18. The molecule has 0 heterocycles. The quantitative estimate of drug-likeness (QED) is 0.586. The molecule has 0 spiro atoms. The Hall–Kier alpha value is -0.0400. The van der Waals surface area contributed by atoms with Gasteiger partial charge in [-0.25, -0.2) is 0 Å². The van der Waals surface area contributed by atoms with Crippen molar-refractivity contribution in [2.45, 2.75) is 53.9 Å². The van der Waals surface area contributed by atoms with Gasteiger partial charge in [-0.15, -0.1) is 0 Å². The molecule has 1 heteroatoms. The Morgan fingerprint density at radius 1 is 0.923 bits per heavy atom. The van der Waals surface area contributed by atoms with E-state index in [1.807, 2.05) is 0 Å². The van der Waals surface area contributed by atoms with Gasteiger partial charge in [0.25, 0.3) is 0 Å². The predicted molar refractivity (Wildman–Crippen MR) is 61.1 cm³/mol. The zero-order chi connectivity index (χ0) is 10.3. The van der Waals surface area contributed by atoms with Gasteiger partial charge in [0.05, 0.1) is 0 Å². The molecule has 0 fully saturated rings. The molecule has 0 saturated carbocycles. The van der Waals surface area contributed by atoms with E-state index in [0.29, 0.717) is 5.41 Å². The molecule has 0 aliphatic rings. The Morgan fingerprint density at radius 2 is 1.38 bits per heavy atom. The van der Waals surface area contributed by atoms with E-state index in [2.05, 4.69) is 39.5 Å². The first-order chi connectivity index (χ1) is 6.05. The molecule has 0 bridgehead atoms. The maximum Gasteiger partial charge on any atom is 0.00326 e. The summed E-state index contributed by atoms with van der Waals surface area (Å²) < 4.78 is 0. The summed E-state index contributed by atoms with van der Waals surface area (Å²) in [5.74, 6) is 0. The standard InChI is InChI=1S/C12H27N/c1-6-9-13(10-7-2)11-12(4,5)8-3/h6-11H2,1-5H3. The van der Waals surface area contributed by atoms with Gasteiger partial charge in [-0.3, -0.25) is 0 Å². The zero-order valence-electron chi connectivity index (χ0n) is 10.2. The summed E-state index contributed by atoms with van der Waals surface area (Å²) in [6.45, 7) is 15.3. The minimum atomic E-state index is 0.490. The van der Waals surface area contributed by atoms with Crippen LogP contribution in [0, 0.1) is 5.41 Å². The van der Waals surface area contributed by atoms with Crippen LogP contribution in [0.4, 0.5) is 0 Å². The average Bonchev–Trinajstić information content (AvgIpc) is 2.05. The molecule has 0 amide bonds. The van der Waals surface area contributed by atoms with E-state index in [-0.39, 0.29) is 0 Å². The first kappa shape index (κ1) is 13.0. The fraction of sp³-hybridized carbons (Fsp3) is 1.00. The number of hydrogen-bond acceptors (Lipinski definition) is 1. The predicted octanol–water partition coefficient (Wildman–Crippen LogP) is 3.54. The molecule has 0 rings (SSSR count). The smallest absolute Gasteiger partial charge is 0.00326 e. The summed E-state index contributed by atoms with van der Waals surface area (Å²) in [6, 6.07) is 0. The highest BCUT2D eigenvalue weighted by molar-refractivity contribution is 4.71. The van der Waals surface area contributed by atoms with Crippen LogP contribution in [0.15, 0.2) is 0 Å². The van der Waals surface area contributed by atoms with Gasteiger partial charge in [-0.05, 0) is 37.8 Å². The molecule has 0 aromatic heterocycles. The summed E-state index contributed by atoms with van der Waals surface area (Å²) in [7, 11) is 0. The summed E-state index contributed by atoms with van der Waals surface area (Å²) in [5, 5.41) is 0. The molecule has 0 atom stereocenters. The molecule has 0 saturated heterocycles. The Labute approximate surface area is 84.5 Å². The largest absolute Gasteiger partial charge is 0.303 e. The van der Waals surface area contributed by atoms with Crippen LogP contribution < -0.4 is 0 Å². The van der Waals surface area contributed by atoms with Crippen LogP contribution in [0.2, 0.25) is 0 Å². The van der Waals surface area contributed by atoms with E-state index < -0.39 is 0 Å². The fourth-order valence-electron chi connectivity index (χ4n) is 1.62. The molecule has 0 aliphatic carbocycles. The van der Waals surface area contributed by atoms with Crippen LogP contribution >= 0.6 is 0 Å². The summed E-state index contributed by atoms with van der Waals surface area (Å²) in [4.78, 5) is 2.60. The maximum atomic E-state index is 2.60. The molecule has 0 N–H and O–H groups in total. The van der Waals surface area contributed by atoms with Gasteiger partial charge in [0.1, 0.15) is 0 Å². The lowest BCUT2D eigenvalue weighted by atomic mass is 9.89. The third-order valence-corrected chi connectivity index (χ3v) is 2.69. The van der Waals surface area contributed by atoms with Crippen LogP contribution in [0.3, 0.4) is 0 Å². The molecule has 0 aliphatic heterocycles. The SMILES string of the molecule is CCCN(CCC)CC(C)(C)CC. The highest BCUT2D eigenvalue weighted by Crippen LogP contribution is 2.21. The molecule has 13 heavy (non-hydrogen) atoms. The maximum absolute atomic E-state index is 2.60. The first-order valence-corrected chi connectivity index (χ1v) is 5.78. The molecule has 0 radical (unpaired) electrons. The lowest BCUT2D eigenvalue weighted by Crippen LogP contribution is -2.35. The number of hydrogen-bond donors (Lipinski definition) is 0. The lowest BCUT2D eigenvalue weighted by molar-refractivity contribution is 0.173. The van der Waals surface area contributed by atoms with Crippen molar-refractivity contribution >= 4 is 0 Å². The average molecular weight is 185 g/mol. The minimum absolute atomic E-state index is 0.490. The van der Waals surface area contributed by atoms with Crippen molar-refractivity contribution in [2.75, 3.05) is 19.6 Å². The molecule has 80 valence electrons. The Bertz CT molecular complexity index is 112. The Kier molecular flexibility index (Phi) is 6.40. The molecular weight excluding hydrogens is 158 g/mol. The van der Waals surface area contributed by atoms with Crippen molar-refractivity contribution in [1.29, 1.82) is 0 Å². The summed E-state index contributed by atoms with van der Waals surface area (Å²) in [6.07, 6.45) is 3.83. The van der Waals surface area contributed by atoms with Crippen LogP contribution in [-0.2, 0) is 0 Å². The Morgan fingerprint density at radius 3 is 1.69 bits per heavy atom. The van der Waals surface area contributed by atoms with Crippen molar-refractivity contribution in [3.63, 3.8) is 0 Å². The van der Waals surface area contributed by atoms with E-state index in [0.717, 1.165) is 0 Å². The first-order valence-electron chi connectivity index (χ1n) is 5.78. The molecule has 1 nitrogen and oxygen atoms in total. The van der Waals surface area contributed by atoms with Gasteiger partial charge >= 0.3 is 0 Å². The molecule has 0 aromatic carbocycles. The van der Waals surface area contributed by atoms with Crippen LogP contribution in [0.1, 0.15) is 53.9 Å². The van der Waals surface area contributed by atoms with Crippen molar-refractivity contribution in [3.8, 4) is 0 Å². The van der Waals surface area contributed by atoms with Crippen LogP contribution in [0.25, 0.3) is 0 Å². The summed E-state index contributed by atoms with van der Waals surface area (Å²) in [5.41, 5.74) is 0.490. The van der Waals surface area contributed by atoms with Gasteiger partial charge in [0.2, 0.25) is 0 Å². The van der Waals surface area contributed by atoms with Gasteiger partial charge in [-0.1, -0.05) is 34.6 Å². The monoisotopic (exact) mass is 185 g/mol.